The molecule has 3 aromatic rings. The molecule has 0 radical (unpaired) electrons. The Morgan fingerprint density at radius 2 is 2.10 bits per heavy atom. The van der Waals surface area contributed by atoms with E-state index in [9.17, 15) is 15.0 Å². The number of rotatable bonds is 5. The van der Waals surface area contributed by atoms with Gasteiger partial charge in [0.25, 0.3) is 5.91 Å². The summed E-state index contributed by atoms with van der Waals surface area (Å²) < 4.78 is 8.28. The van der Waals surface area contributed by atoms with Crippen molar-refractivity contribution < 1.29 is 19.7 Å². The van der Waals surface area contributed by atoms with Gasteiger partial charge in [0.15, 0.2) is 29.3 Å². The van der Waals surface area contributed by atoms with Crippen LogP contribution in [0, 0.1) is 3.57 Å². The average Bonchev–Trinajstić information content (AvgIpc) is 3.29. The number of hydrogen-bond donors (Lipinski definition) is 3. The van der Waals surface area contributed by atoms with E-state index in [1.807, 2.05) is 36.2 Å². The van der Waals surface area contributed by atoms with Gasteiger partial charge in [-0.3, -0.25) is 9.36 Å². The number of amides is 1. The fourth-order valence-electron chi connectivity index (χ4n) is 3.46. The molecule has 0 spiro atoms. The van der Waals surface area contributed by atoms with Crippen LogP contribution in [0.3, 0.4) is 0 Å². The van der Waals surface area contributed by atoms with Crippen LogP contribution in [0.25, 0.3) is 11.2 Å². The number of carbonyl (C=O) groups is 1. The number of fused-ring (bicyclic) bond motifs is 1. The molecule has 2 aromatic heterocycles. The van der Waals surface area contributed by atoms with Crippen LogP contribution in [0.5, 0.6) is 0 Å². The third-order valence-corrected chi connectivity index (χ3v) is 5.65. The van der Waals surface area contributed by atoms with Gasteiger partial charge >= 0.3 is 0 Å². The zero-order valence-electron chi connectivity index (χ0n) is 16.3. The molecule has 1 amide bonds. The quantitative estimate of drug-likeness (QED) is 0.422. The minimum Gasteiger partial charge on any atom is -0.387 e. The summed E-state index contributed by atoms with van der Waals surface area (Å²) in [6.07, 6.45) is -2.01. The second-order valence-electron chi connectivity index (χ2n) is 6.88. The Morgan fingerprint density at radius 3 is 2.83 bits per heavy atom. The molecule has 3 N–H and O–H groups in total. The van der Waals surface area contributed by atoms with E-state index in [4.69, 9.17) is 4.74 Å². The van der Waals surface area contributed by atoms with Crippen molar-refractivity contribution in [2.24, 2.45) is 0 Å². The highest BCUT2D eigenvalue weighted by Crippen LogP contribution is 2.34. The van der Waals surface area contributed by atoms with Crippen LogP contribution in [0.2, 0.25) is 0 Å². The first-order valence-electron chi connectivity index (χ1n) is 9.38. The molecule has 158 valence electrons. The second kappa shape index (κ2) is 8.41. The first-order valence-corrected chi connectivity index (χ1v) is 10.5. The van der Waals surface area contributed by atoms with Crippen molar-refractivity contribution >= 4 is 51.2 Å². The Kier molecular flexibility index (Phi) is 5.86. The van der Waals surface area contributed by atoms with E-state index in [0.717, 1.165) is 9.26 Å². The molecule has 4 atom stereocenters. The number of carbonyl (C=O) groups excluding carboxylic acids is 1. The maximum atomic E-state index is 12.1. The second-order valence-corrected chi connectivity index (χ2v) is 8.13. The van der Waals surface area contributed by atoms with Crippen LogP contribution >= 0.6 is 22.6 Å². The van der Waals surface area contributed by atoms with Gasteiger partial charge in [0.2, 0.25) is 0 Å². The van der Waals surface area contributed by atoms with Gasteiger partial charge in [0, 0.05) is 22.8 Å². The van der Waals surface area contributed by atoms with E-state index in [0.29, 0.717) is 23.5 Å². The summed E-state index contributed by atoms with van der Waals surface area (Å²) in [4.78, 5) is 27.1. The van der Waals surface area contributed by atoms with Crippen molar-refractivity contribution in [2.75, 3.05) is 18.5 Å². The number of anilines is 2. The lowest BCUT2D eigenvalue weighted by molar-refractivity contribution is -0.137. The molecule has 30 heavy (non-hydrogen) atoms. The van der Waals surface area contributed by atoms with Crippen molar-refractivity contribution in [3.8, 4) is 0 Å². The van der Waals surface area contributed by atoms with Gasteiger partial charge in [-0.2, -0.15) is 0 Å². The molecule has 3 heterocycles. The van der Waals surface area contributed by atoms with E-state index in [-0.39, 0.29) is 0 Å². The Bertz CT molecular complexity index is 1080. The number of aliphatic hydroxyl groups is 2. The minimum absolute atomic E-state index is 0.390. The van der Waals surface area contributed by atoms with Crippen molar-refractivity contribution in [1.29, 1.82) is 0 Å². The predicted molar refractivity (Wildman–Crippen MR) is 117 cm³/mol. The summed E-state index contributed by atoms with van der Waals surface area (Å²) in [6.45, 7) is 2.15. The molecule has 0 bridgehead atoms. The highest BCUT2D eigenvalue weighted by atomic mass is 127. The Hall–Kier alpha value is -2.35. The van der Waals surface area contributed by atoms with Crippen LogP contribution in [0.4, 0.5) is 11.5 Å². The van der Waals surface area contributed by atoms with Crippen molar-refractivity contribution in [1.82, 2.24) is 24.8 Å². The van der Waals surface area contributed by atoms with E-state index in [2.05, 4.69) is 42.9 Å². The Morgan fingerprint density at radius 1 is 1.30 bits per heavy atom. The van der Waals surface area contributed by atoms with E-state index < -0.39 is 30.4 Å². The molecule has 1 saturated heterocycles. The van der Waals surface area contributed by atoms with Gasteiger partial charge in [-0.15, -0.1) is 0 Å². The molecule has 1 fully saturated rings. The van der Waals surface area contributed by atoms with Crippen molar-refractivity contribution in [2.45, 2.75) is 31.5 Å². The summed E-state index contributed by atoms with van der Waals surface area (Å²) in [5, 5.41) is 23.4. The number of likely N-dealkylation sites (N-methyl/N-ethyl adjacent to an activating group) is 1. The average molecular weight is 524 g/mol. The monoisotopic (exact) mass is 524 g/mol. The summed E-state index contributed by atoms with van der Waals surface area (Å²) in [6, 6.07) is 7.93. The van der Waals surface area contributed by atoms with Gasteiger partial charge in [-0.05, 0) is 47.7 Å². The van der Waals surface area contributed by atoms with E-state index in [1.165, 1.54) is 17.2 Å². The molecule has 1 aliphatic heterocycles. The fraction of sp³-hybridized carbons (Fsp3) is 0.368. The lowest BCUT2D eigenvalue weighted by Crippen LogP contribution is -2.42. The normalized spacial score (nSPS) is 23.6. The maximum Gasteiger partial charge on any atom is 0.252 e. The number of hydrogen-bond acceptors (Lipinski definition) is 8. The van der Waals surface area contributed by atoms with E-state index in [1.54, 1.807) is 6.92 Å². The topological polar surface area (TPSA) is 126 Å². The van der Waals surface area contributed by atoms with Gasteiger partial charge in [0.05, 0.1) is 6.33 Å². The summed E-state index contributed by atoms with van der Waals surface area (Å²) in [5.74, 6) is 0.0961. The number of nitrogens with zero attached hydrogens (tertiary/aromatic N) is 5. The molecular weight excluding hydrogens is 503 g/mol. The number of aromatic nitrogens is 4. The molecule has 4 rings (SSSR count). The van der Waals surface area contributed by atoms with Crippen molar-refractivity contribution in [3.05, 3.63) is 40.5 Å². The summed E-state index contributed by atoms with van der Waals surface area (Å²) in [7, 11) is 1.88. The zero-order valence-corrected chi connectivity index (χ0v) is 18.5. The maximum absolute atomic E-state index is 12.1. The number of aliphatic hydroxyl groups excluding tert-OH is 2. The first kappa shape index (κ1) is 20.9. The van der Waals surface area contributed by atoms with Crippen molar-refractivity contribution in [3.63, 3.8) is 0 Å². The third kappa shape index (κ3) is 3.62. The lowest BCUT2D eigenvalue weighted by Gasteiger charge is -2.19. The van der Waals surface area contributed by atoms with Gasteiger partial charge < -0.3 is 25.2 Å². The number of benzene rings is 1. The Balaban J connectivity index is 1.69. The molecule has 1 aliphatic rings. The van der Waals surface area contributed by atoms with Crippen LogP contribution < -0.4 is 10.2 Å². The highest BCUT2D eigenvalue weighted by Gasteiger charge is 2.47. The van der Waals surface area contributed by atoms with Gasteiger partial charge in [-0.1, -0.05) is 6.07 Å². The number of nitrogens with one attached hydrogen (secondary N) is 1. The smallest absolute Gasteiger partial charge is 0.252 e. The minimum atomic E-state index is -1.37. The zero-order chi connectivity index (χ0) is 21.4. The van der Waals surface area contributed by atoms with Crippen LogP contribution in [0.1, 0.15) is 13.2 Å². The molecule has 10 nitrogen and oxygen atoms in total. The Labute approximate surface area is 186 Å². The molecule has 1 aromatic carbocycles. The number of imidazole rings is 1. The standard InChI is InChI=1S/C19H21IN6O4/c1-3-21-18(29)15-13(27)14(28)19(30-15)26-9-24-12-16(22-8-23-17(12)26)25(2)11-6-4-5-10(20)7-11/h4-9,13-15,19,27-28H,3H2,1-2H3,(H,21,29)/t13-,14+,15-,19+/m0/s1. The fourth-order valence-corrected chi connectivity index (χ4v) is 3.99. The third-order valence-electron chi connectivity index (χ3n) is 4.97. The number of ether oxygens (including phenoxy) is 1. The molecular formula is C19H21IN6O4. The van der Waals surface area contributed by atoms with Crippen LogP contribution in [0.15, 0.2) is 36.9 Å². The number of halogens is 1. The van der Waals surface area contributed by atoms with Crippen LogP contribution in [-0.4, -0.2) is 67.5 Å². The SMILES string of the molecule is CCNC(=O)[C@H]1O[C@@H](n2cnc3c(N(C)c4cccc(I)c4)ncnc32)[C@H](O)[C@@H]1O. The highest BCUT2D eigenvalue weighted by molar-refractivity contribution is 14.1. The summed E-state index contributed by atoms with van der Waals surface area (Å²) in [5.41, 5.74) is 1.86. The summed E-state index contributed by atoms with van der Waals surface area (Å²) >= 11 is 2.24. The first-order chi connectivity index (χ1) is 14.4. The molecule has 0 unspecified atom stereocenters. The lowest BCUT2D eigenvalue weighted by atomic mass is 10.1. The molecule has 11 heteroatoms. The van der Waals surface area contributed by atoms with Gasteiger partial charge in [-0.25, -0.2) is 15.0 Å². The molecule has 0 saturated carbocycles. The largest absolute Gasteiger partial charge is 0.387 e. The van der Waals surface area contributed by atoms with E-state index >= 15 is 0 Å². The molecule has 0 aliphatic carbocycles. The van der Waals surface area contributed by atoms with Crippen LogP contribution in [-0.2, 0) is 9.53 Å². The van der Waals surface area contributed by atoms with Gasteiger partial charge in [0.1, 0.15) is 18.5 Å². The predicted octanol–water partition coefficient (Wildman–Crippen LogP) is 0.954.